The van der Waals surface area contributed by atoms with E-state index in [1.54, 1.807) is 24.5 Å². The van der Waals surface area contributed by atoms with E-state index in [9.17, 15) is 18.0 Å². The van der Waals surface area contributed by atoms with Crippen molar-refractivity contribution in [2.24, 2.45) is 0 Å². The molecule has 4 aromatic rings. The van der Waals surface area contributed by atoms with Crippen LogP contribution in [-0.4, -0.2) is 20.8 Å². The lowest BCUT2D eigenvalue weighted by atomic mass is 10.1. The van der Waals surface area contributed by atoms with Crippen LogP contribution < -0.4 is 5.56 Å². The van der Waals surface area contributed by atoms with Crippen LogP contribution in [0.4, 0.5) is 13.2 Å². The summed E-state index contributed by atoms with van der Waals surface area (Å²) in [5, 5.41) is 0.534. The first-order valence-corrected chi connectivity index (χ1v) is 9.41. The van der Waals surface area contributed by atoms with Crippen LogP contribution in [-0.2, 0) is 0 Å². The molecule has 0 fully saturated rings. The van der Waals surface area contributed by atoms with E-state index >= 15 is 0 Å². The highest BCUT2D eigenvalue weighted by atomic mass is 32.2. The van der Waals surface area contributed by atoms with Gasteiger partial charge in [-0.1, -0.05) is 30.0 Å². The molecule has 4 nitrogen and oxygen atoms in total. The van der Waals surface area contributed by atoms with Crippen LogP contribution in [0.3, 0.4) is 0 Å². The Hall–Kier alpha value is -3.13. The van der Waals surface area contributed by atoms with E-state index in [4.69, 9.17) is 0 Å². The molecule has 0 bridgehead atoms. The molecule has 0 atom stereocenters. The molecule has 140 valence electrons. The molecule has 2 aromatic carbocycles. The summed E-state index contributed by atoms with van der Waals surface area (Å²) in [6, 6.07) is 11.9. The van der Waals surface area contributed by atoms with Gasteiger partial charge in [0.15, 0.2) is 10.8 Å². The zero-order valence-electron chi connectivity index (χ0n) is 14.5. The van der Waals surface area contributed by atoms with Crippen molar-refractivity contribution in [2.45, 2.75) is 5.16 Å². The molecule has 0 amide bonds. The quantitative estimate of drug-likeness (QED) is 0.374. The molecule has 0 aliphatic carbocycles. The lowest BCUT2D eigenvalue weighted by Crippen LogP contribution is -2.21. The zero-order valence-corrected chi connectivity index (χ0v) is 15.3. The van der Waals surface area contributed by atoms with Crippen molar-refractivity contribution in [3.63, 3.8) is 0 Å². The van der Waals surface area contributed by atoms with Gasteiger partial charge < -0.3 is 0 Å². The number of hydrogen-bond acceptors (Lipinski definition) is 4. The molecule has 28 heavy (non-hydrogen) atoms. The SMILES string of the molecule is CSc1nc(-c2ccccc2F)c2ccc(=O)n(-c3c(F)cccc3F)c2n1. The molecule has 0 saturated heterocycles. The standard InChI is InChI=1S/C20H12F3N3OS/c1-28-20-24-17(11-5-2-3-6-13(11)21)12-9-10-16(27)26(19(12)25-20)18-14(22)7-4-8-15(18)23/h2-10H,1H3. The number of thioether (sulfide) groups is 1. The fourth-order valence-electron chi connectivity index (χ4n) is 2.96. The molecule has 2 aromatic heterocycles. The van der Waals surface area contributed by atoms with Crippen LogP contribution in [0, 0.1) is 17.5 Å². The average molecular weight is 399 g/mol. The molecule has 0 radical (unpaired) electrons. The van der Waals surface area contributed by atoms with E-state index in [1.807, 2.05) is 0 Å². The Balaban J connectivity index is 2.17. The maximum absolute atomic E-state index is 14.4. The second kappa shape index (κ2) is 7.12. The summed E-state index contributed by atoms with van der Waals surface area (Å²) >= 11 is 1.17. The molecule has 8 heteroatoms. The summed E-state index contributed by atoms with van der Waals surface area (Å²) in [7, 11) is 0. The van der Waals surface area contributed by atoms with Gasteiger partial charge in [-0.05, 0) is 36.6 Å². The Morgan fingerprint density at radius 2 is 1.54 bits per heavy atom. The number of hydrogen-bond donors (Lipinski definition) is 0. The molecule has 0 aliphatic rings. The number of pyridine rings is 1. The fraction of sp³-hybridized carbons (Fsp3) is 0.0500. The Labute approximate surface area is 161 Å². The van der Waals surface area contributed by atoms with Crippen LogP contribution in [0.1, 0.15) is 0 Å². The van der Waals surface area contributed by atoms with Gasteiger partial charge in [0.05, 0.1) is 5.69 Å². The summed E-state index contributed by atoms with van der Waals surface area (Å²) in [4.78, 5) is 21.2. The second-order valence-corrected chi connectivity index (χ2v) is 6.63. The minimum Gasteiger partial charge on any atom is -0.269 e. The van der Waals surface area contributed by atoms with Gasteiger partial charge in [-0.2, -0.15) is 0 Å². The van der Waals surface area contributed by atoms with E-state index in [-0.39, 0.29) is 22.1 Å². The van der Waals surface area contributed by atoms with Crippen molar-refractivity contribution in [1.29, 1.82) is 0 Å². The summed E-state index contributed by atoms with van der Waals surface area (Å²) in [5.41, 5.74) is -0.776. The van der Waals surface area contributed by atoms with Crippen LogP contribution in [0.25, 0.3) is 28.0 Å². The summed E-state index contributed by atoms with van der Waals surface area (Å²) in [5.74, 6) is -2.33. The number of nitrogens with zero attached hydrogens (tertiary/aromatic N) is 3. The molecule has 0 aliphatic heterocycles. The Morgan fingerprint density at radius 1 is 0.857 bits per heavy atom. The van der Waals surface area contributed by atoms with Gasteiger partial charge in [-0.3, -0.25) is 9.36 Å². The minimum atomic E-state index is -0.911. The first-order chi connectivity index (χ1) is 13.5. The number of rotatable bonds is 3. The lowest BCUT2D eigenvalue weighted by molar-refractivity contribution is 0.568. The normalized spacial score (nSPS) is 11.1. The number of benzene rings is 2. The maximum atomic E-state index is 14.4. The van der Waals surface area contributed by atoms with Crippen molar-refractivity contribution in [2.75, 3.05) is 6.26 Å². The van der Waals surface area contributed by atoms with Crippen molar-refractivity contribution < 1.29 is 13.2 Å². The van der Waals surface area contributed by atoms with Gasteiger partial charge in [0.25, 0.3) is 5.56 Å². The van der Waals surface area contributed by atoms with E-state index in [1.165, 1.54) is 30.0 Å². The fourth-order valence-corrected chi connectivity index (χ4v) is 3.32. The summed E-state index contributed by atoms with van der Waals surface area (Å²) in [6.45, 7) is 0. The summed E-state index contributed by atoms with van der Waals surface area (Å²) in [6.07, 6.45) is 1.71. The third-order valence-electron chi connectivity index (χ3n) is 4.20. The molecule has 2 heterocycles. The molecule has 4 rings (SSSR count). The van der Waals surface area contributed by atoms with Crippen LogP contribution in [0.2, 0.25) is 0 Å². The Morgan fingerprint density at radius 3 is 2.21 bits per heavy atom. The highest BCUT2D eigenvalue weighted by Crippen LogP contribution is 2.30. The summed E-state index contributed by atoms with van der Waals surface area (Å²) < 4.78 is 44.1. The van der Waals surface area contributed by atoms with Crippen molar-refractivity contribution in [3.05, 3.63) is 82.4 Å². The Bertz CT molecular complexity index is 1250. The molecule has 0 saturated carbocycles. The predicted octanol–water partition coefficient (Wildman–Crippen LogP) is 4.59. The minimum absolute atomic E-state index is 0.00546. The zero-order chi connectivity index (χ0) is 19.8. The van der Waals surface area contributed by atoms with E-state index in [0.29, 0.717) is 5.39 Å². The second-order valence-electron chi connectivity index (χ2n) is 5.85. The highest BCUT2D eigenvalue weighted by Gasteiger charge is 2.20. The van der Waals surface area contributed by atoms with E-state index in [0.717, 1.165) is 22.8 Å². The van der Waals surface area contributed by atoms with Crippen LogP contribution >= 0.6 is 11.8 Å². The van der Waals surface area contributed by atoms with Crippen LogP contribution in [0.5, 0.6) is 0 Å². The topological polar surface area (TPSA) is 47.8 Å². The predicted molar refractivity (Wildman–Crippen MR) is 102 cm³/mol. The van der Waals surface area contributed by atoms with Crippen molar-refractivity contribution in [3.8, 4) is 16.9 Å². The molecule has 0 N–H and O–H groups in total. The lowest BCUT2D eigenvalue weighted by Gasteiger charge is -2.14. The molecular weight excluding hydrogens is 387 g/mol. The smallest absolute Gasteiger partial charge is 0.256 e. The molecule has 0 unspecified atom stereocenters. The first kappa shape index (κ1) is 18.2. The average Bonchev–Trinajstić information content (AvgIpc) is 2.69. The van der Waals surface area contributed by atoms with Gasteiger partial charge >= 0.3 is 0 Å². The van der Waals surface area contributed by atoms with Gasteiger partial charge in [0.2, 0.25) is 0 Å². The van der Waals surface area contributed by atoms with Crippen molar-refractivity contribution in [1.82, 2.24) is 14.5 Å². The van der Waals surface area contributed by atoms with E-state index in [2.05, 4.69) is 9.97 Å². The van der Waals surface area contributed by atoms with Gasteiger partial charge in [0.1, 0.15) is 23.1 Å². The van der Waals surface area contributed by atoms with Crippen molar-refractivity contribution >= 4 is 22.8 Å². The number of halogens is 3. The Kier molecular flexibility index (Phi) is 4.64. The number of aromatic nitrogens is 3. The first-order valence-electron chi connectivity index (χ1n) is 8.18. The maximum Gasteiger partial charge on any atom is 0.256 e. The highest BCUT2D eigenvalue weighted by molar-refractivity contribution is 7.98. The van der Waals surface area contributed by atoms with Gasteiger partial charge in [-0.15, -0.1) is 0 Å². The van der Waals surface area contributed by atoms with Gasteiger partial charge in [-0.25, -0.2) is 23.1 Å². The third-order valence-corrected chi connectivity index (χ3v) is 4.75. The molecule has 0 spiro atoms. The largest absolute Gasteiger partial charge is 0.269 e. The van der Waals surface area contributed by atoms with Gasteiger partial charge in [0, 0.05) is 17.0 Å². The van der Waals surface area contributed by atoms with E-state index < -0.39 is 28.7 Å². The number of fused-ring (bicyclic) bond motifs is 1. The van der Waals surface area contributed by atoms with Crippen LogP contribution in [0.15, 0.2) is 64.5 Å². The monoisotopic (exact) mass is 399 g/mol. The number of para-hydroxylation sites is 1. The molecular formula is C20H12F3N3OS. The third kappa shape index (κ3) is 2.95.